The van der Waals surface area contributed by atoms with Crippen LogP contribution in [0.25, 0.3) is 22.8 Å². The van der Waals surface area contributed by atoms with Crippen LogP contribution < -0.4 is 10.5 Å². The molecule has 3 aromatic carbocycles. The topological polar surface area (TPSA) is 74.2 Å². The van der Waals surface area contributed by atoms with Gasteiger partial charge in [-0.1, -0.05) is 47.1 Å². The Labute approximate surface area is 167 Å². The predicted molar refractivity (Wildman–Crippen MR) is 110 cm³/mol. The summed E-state index contributed by atoms with van der Waals surface area (Å²) in [5.41, 5.74) is 10.3. The van der Waals surface area contributed by atoms with E-state index in [1.54, 1.807) is 6.07 Å². The van der Waals surface area contributed by atoms with Crippen molar-refractivity contribution in [3.05, 3.63) is 82.9 Å². The Kier molecular flexibility index (Phi) is 5.00. The molecule has 28 heavy (non-hydrogen) atoms. The van der Waals surface area contributed by atoms with Gasteiger partial charge in [-0.25, -0.2) is 0 Å². The van der Waals surface area contributed by atoms with E-state index in [0.29, 0.717) is 29.0 Å². The third kappa shape index (κ3) is 3.85. The molecule has 0 aliphatic carbocycles. The first-order chi connectivity index (χ1) is 13.6. The zero-order valence-electron chi connectivity index (χ0n) is 15.2. The summed E-state index contributed by atoms with van der Waals surface area (Å²) in [4.78, 5) is 4.51. The Morgan fingerprint density at radius 2 is 1.82 bits per heavy atom. The maximum absolute atomic E-state index is 5.97. The van der Waals surface area contributed by atoms with Crippen molar-refractivity contribution >= 4 is 17.3 Å². The molecule has 0 spiro atoms. The van der Waals surface area contributed by atoms with E-state index in [4.69, 9.17) is 26.6 Å². The first-order valence-electron chi connectivity index (χ1n) is 8.77. The van der Waals surface area contributed by atoms with Crippen molar-refractivity contribution in [2.24, 2.45) is 0 Å². The summed E-state index contributed by atoms with van der Waals surface area (Å²) in [5, 5.41) is 4.74. The molecule has 0 saturated heterocycles. The van der Waals surface area contributed by atoms with Gasteiger partial charge in [0.15, 0.2) is 0 Å². The second-order valence-electron chi connectivity index (χ2n) is 6.39. The Morgan fingerprint density at radius 1 is 1.04 bits per heavy atom. The van der Waals surface area contributed by atoms with E-state index in [-0.39, 0.29) is 0 Å². The van der Waals surface area contributed by atoms with Gasteiger partial charge in [0.1, 0.15) is 12.4 Å². The number of nitrogen functional groups attached to an aromatic ring is 1. The van der Waals surface area contributed by atoms with E-state index in [2.05, 4.69) is 10.1 Å². The molecule has 0 bridgehead atoms. The highest BCUT2D eigenvalue weighted by molar-refractivity contribution is 6.30. The fraction of sp³-hybridized carbons (Fsp3) is 0.0909. The van der Waals surface area contributed by atoms with Crippen molar-refractivity contribution in [1.82, 2.24) is 10.1 Å². The van der Waals surface area contributed by atoms with E-state index in [1.165, 1.54) is 0 Å². The van der Waals surface area contributed by atoms with Crippen LogP contribution >= 0.6 is 11.6 Å². The minimum absolute atomic E-state index is 0.443. The molecule has 6 heteroatoms. The molecule has 140 valence electrons. The van der Waals surface area contributed by atoms with E-state index >= 15 is 0 Å². The minimum atomic E-state index is 0.443. The molecular weight excluding hydrogens is 374 g/mol. The first-order valence-corrected chi connectivity index (χ1v) is 9.15. The van der Waals surface area contributed by atoms with Crippen LogP contribution in [0.3, 0.4) is 0 Å². The van der Waals surface area contributed by atoms with Gasteiger partial charge in [-0.3, -0.25) is 0 Å². The Bertz CT molecular complexity index is 1110. The molecule has 1 aromatic heterocycles. The smallest absolute Gasteiger partial charge is 0.258 e. The molecule has 0 saturated carbocycles. The molecule has 0 unspecified atom stereocenters. The number of ether oxygens (including phenoxy) is 1. The molecule has 1 heterocycles. The number of benzene rings is 3. The second kappa shape index (κ2) is 7.74. The lowest BCUT2D eigenvalue weighted by Crippen LogP contribution is -1.95. The van der Waals surface area contributed by atoms with Crippen LogP contribution in [0.15, 0.2) is 71.3 Å². The largest absolute Gasteiger partial charge is 0.489 e. The van der Waals surface area contributed by atoms with Crippen molar-refractivity contribution in [1.29, 1.82) is 0 Å². The maximum atomic E-state index is 5.97. The number of aromatic nitrogens is 2. The number of anilines is 1. The van der Waals surface area contributed by atoms with Crippen molar-refractivity contribution < 1.29 is 9.26 Å². The summed E-state index contributed by atoms with van der Waals surface area (Å²) in [6.07, 6.45) is 0. The zero-order valence-corrected chi connectivity index (χ0v) is 16.0. The van der Waals surface area contributed by atoms with Crippen LogP contribution in [0.5, 0.6) is 5.75 Å². The predicted octanol–water partition coefficient (Wildman–Crippen LogP) is 5.53. The van der Waals surface area contributed by atoms with Crippen molar-refractivity contribution in [2.45, 2.75) is 13.5 Å². The summed E-state index contributed by atoms with van der Waals surface area (Å²) < 4.78 is 11.2. The Morgan fingerprint density at radius 3 is 2.61 bits per heavy atom. The molecule has 0 aliphatic heterocycles. The maximum Gasteiger partial charge on any atom is 0.258 e. The number of nitrogens with two attached hydrogens (primary N) is 1. The highest BCUT2D eigenvalue weighted by atomic mass is 35.5. The molecular formula is C22H18ClN3O2. The van der Waals surface area contributed by atoms with Gasteiger partial charge in [0.25, 0.3) is 5.89 Å². The van der Waals surface area contributed by atoms with Crippen LogP contribution in [-0.4, -0.2) is 10.1 Å². The van der Waals surface area contributed by atoms with Gasteiger partial charge in [-0.05, 0) is 54.4 Å². The van der Waals surface area contributed by atoms with Crippen LogP contribution in [-0.2, 0) is 6.61 Å². The molecule has 0 amide bonds. The number of halogens is 1. The van der Waals surface area contributed by atoms with Gasteiger partial charge in [0.05, 0.1) is 0 Å². The average Bonchev–Trinajstić information content (AvgIpc) is 3.19. The quantitative estimate of drug-likeness (QED) is 0.453. The third-order valence-corrected chi connectivity index (χ3v) is 4.68. The van der Waals surface area contributed by atoms with E-state index in [0.717, 1.165) is 28.0 Å². The molecule has 2 N–H and O–H groups in total. The van der Waals surface area contributed by atoms with Crippen LogP contribution in [0.1, 0.15) is 11.1 Å². The van der Waals surface area contributed by atoms with Crippen LogP contribution in [0.2, 0.25) is 5.02 Å². The molecule has 4 aromatic rings. The summed E-state index contributed by atoms with van der Waals surface area (Å²) >= 11 is 5.97. The molecule has 0 aliphatic rings. The van der Waals surface area contributed by atoms with E-state index < -0.39 is 0 Å². The highest BCUT2D eigenvalue weighted by Gasteiger charge is 2.13. The fourth-order valence-electron chi connectivity index (χ4n) is 2.81. The van der Waals surface area contributed by atoms with Gasteiger partial charge < -0.3 is 15.0 Å². The van der Waals surface area contributed by atoms with Gasteiger partial charge in [0.2, 0.25) is 5.82 Å². The Hall–Kier alpha value is -3.31. The number of hydrogen-bond donors (Lipinski definition) is 1. The van der Waals surface area contributed by atoms with Crippen LogP contribution in [0, 0.1) is 6.92 Å². The monoisotopic (exact) mass is 391 g/mol. The summed E-state index contributed by atoms with van der Waals surface area (Å²) in [6, 6.07) is 20.8. The van der Waals surface area contributed by atoms with Crippen LogP contribution in [0.4, 0.5) is 5.69 Å². The minimum Gasteiger partial charge on any atom is -0.489 e. The summed E-state index contributed by atoms with van der Waals surface area (Å²) in [6.45, 7) is 2.38. The van der Waals surface area contributed by atoms with E-state index in [1.807, 2.05) is 67.6 Å². The lowest BCUT2D eigenvalue weighted by molar-refractivity contribution is 0.306. The number of rotatable bonds is 5. The Balaban J connectivity index is 1.48. The fourth-order valence-corrected chi connectivity index (χ4v) is 2.99. The van der Waals surface area contributed by atoms with E-state index in [9.17, 15) is 0 Å². The number of hydrogen-bond acceptors (Lipinski definition) is 5. The average molecular weight is 392 g/mol. The lowest BCUT2D eigenvalue weighted by Gasteiger charge is -2.06. The zero-order chi connectivity index (χ0) is 19.5. The van der Waals surface area contributed by atoms with Crippen molar-refractivity contribution in [2.75, 3.05) is 5.73 Å². The molecule has 5 nitrogen and oxygen atoms in total. The highest BCUT2D eigenvalue weighted by Crippen LogP contribution is 2.27. The standard InChI is InChI=1S/C22H18ClN3O2/c1-14-19(6-3-7-20(14)24)21-25-22(28-26-21)16-10-8-15(9-11-16)13-27-18-5-2-4-17(23)12-18/h2-12H,13,24H2,1H3. The molecule has 0 atom stereocenters. The van der Waals surface area contributed by atoms with Gasteiger partial charge in [0, 0.05) is 21.8 Å². The third-order valence-electron chi connectivity index (χ3n) is 4.45. The second-order valence-corrected chi connectivity index (χ2v) is 6.82. The summed E-state index contributed by atoms with van der Waals surface area (Å²) in [5.74, 6) is 1.71. The first kappa shape index (κ1) is 18.1. The lowest BCUT2D eigenvalue weighted by atomic mass is 10.1. The van der Waals surface area contributed by atoms with Crippen molar-refractivity contribution in [3.63, 3.8) is 0 Å². The molecule has 0 radical (unpaired) electrons. The molecule has 4 rings (SSSR count). The van der Waals surface area contributed by atoms with Gasteiger partial charge in [-0.2, -0.15) is 4.98 Å². The van der Waals surface area contributed by atoms with Gasteiger partial charge in [-0.15, -0.1) is 0 Å². The molecule has 0 fully saturated rings. The normalized spacial score (nSPS) is 10.8. The number of nitrogens with zero attached hydrogens (tertiary/aromatic N) is 2. The van der Waals surface area contributed by atoms with Crippen molar-refractivity contribution in [3.8, 4) is 28.6 Å². The summed E-state index contributed by atoms with van der Waals surface area (Å²) in [7, 11) is 0. The SMILES string of the molecule is Cc1c(N)cccc1-c1noc(-c2ccc(COc3cccc(Cl)c3)cc2)n1. The van der Waals surface area contributed by atoms with Gasteiger partial charge >= 0.3 is 0 Å².